The van der Waals surface area contributed by atoms with Crippen molar-refractivity contribution in [2.75, 3.05) is 42.9 Å². The van der Waals surface area contributed by atoms with Gasteiger partial charge in [0.15, 0.2) is 0 Å². The van der Waals surface area contributed by atoms with Gasteiger partial charge in [-0.2, -0.15) is 0 Å². The maximum absolute atomic E-state index is 12.4. The minimum atomic E-state index is -0.277. The SMILES string of the molecule is COc1ccc(C)cc1N(CC(=O)Nc1ccc(N(C)C)cc1)C(C)=O. The molecule has 0 saturated heterocycles. The number of carbonyl (C=O) groups is 2. The summed E-state index contributed by atoms with van der Waals surface area (Å²) in [6.07, 6.45) is 0. The predicted molar refractivity (Wildman–Crippen MR) is 105 cm³/mol. The summed E-state index contributed by atoms with van der Waals surface area (Å²) in [5, 5.41) is 2.82. The molecule has 0 aliphatic rings. The molecule has 0 aromatic heterocycles. The standard InChI is InChI=1S/C20H25N3O3/c1-14-6-11-19(26-5)18(12-14)23(15(2)24)13-20(25)21-16-7-9-17(10-8-16)22(3)4/h6-12H,13H2,1-5H3,(H,21,25). The lowest BCUT2D eigenvalue weighted by Gasteiger charge is -2.23. The van der Waals surface area contributed by atoms with Gasteiger partial charge in [0.2, 0.25) is 11.8 Å². The highest BCUT2D eigenvalue weighted by molar-refractivity contribution is 6.02. The van der Waals surface area contributed by atoms with Gasteiger partial charge >= 0.3 is 0 Å². The third kappa shape index (κ3) is 4.75. The van der Waals surface area contributed by atoms with Gasteiger partial charge in [0.05, 0.1) is 12.8 Å². The van der Waals surface area contributed by atoms with E-state index in [1.54, 1.807) is 13.2 Å². The highest BCUT2D eigenvalue weighted by atomic mass is 16.5. The zero-order valence-corrected chi connectivity index (χ0v) is 15.9. The molecule has 138 valence electrons. The molecule has 0 unspecified atom stereocenters. The van der Waals surface area contributed by atoms with Crippen molar-refractivity contribution in [3.05, 3.63) is 48.0 Å². The van der Waals surface area contributed by atoms with Crippen LogP contribution in [0.5, 0.6) is 5.75 Å². The summed E-state index contributed by atoms with van der Waals surface area (Å²) in [6, 6.07) is 13.0. The molecule has 2 amide bonds. The van der Waals surface area contributed by atoms with E-state index in [9.17, 15) is 9.59 Å². The molecule has 0 saturated carbocycles. The quantitative estimate of drug-likeness (QED) is 0.865. The molecule has 1 N–H and O–H groups in total. The van der Waals surface area contributed by atoms with E-state index in [4.69, 9.17) is 4.74 Å². The normalized spacial score (nSPS) is 10.2. The predicted octanol–water partition coefficient (Wildman–Crippen LogP) is 3.06. The van der Waals surface area contributed by atoms with Crippen molar-refractivity contribution < 1.29 is 14.3 Å². The Morgan fingerprint density at radius 1 is 1.08 bits per heavy atom. The van der Waals surface area contributed by atoms with Crippen LogP contribution in [-0.4, -0.2) is 39.6 Å². The number of nitrogens with zero attached hydrogens (tertiary/aromatic N) is 2. The fourth-order valence-corrected chi connectivity index (χ4v) is 2.56. The smallest absolute Gasteiger partial charge is 0.244 e. The van der Waals surface area contributed by atoms with Gasteiger partial charge in [-0.3, -0.25) is 14.5 Å². The van der Waals surface area contributed by atoms with Crippen LogP contribution in [0.4, 0.5) is 17.1 Å². The number of hydrogen-bond acceptors (Lipinski definition) is 4. The zero-order chi connectivity index (χ0) is 19.3. The van der Waals surface area contributed by atoms with Gasteiger partial charge in [0, 0.05) is 32.4 Å². The number of rotatable bonds is 6. The number of nitrogens with one attached hydrogen (secondary N) is 1. The first-order valence-corrected chi connectivity index (χ1v) is 8.32. The Morgan fingerprint density at radius 3 is 2.27 bits per heavy atom. The van der Waals surface area contributed by atoms with Gasteiger partial charge in [-0.05, 0) is 48.9 Å². The summed E-state index contributed by atoms with van der Waals surface area (Å²) in [5.41, 5.74) is 3.28. The molecule has 0 atom stereocenters. The second kappa shape index (κ2) is 8.38. The number of methoxy groups -OCH3 is 1. The van der Waals surface area contributed by atoms with Gasteiger partial charge in [0.25, 0.3) is 0 Å². The van der Waals surface area contributed by atoms with E-state index in [1.807, 2.05) is 62.3 Å². The van der Waals surface area contributed by atoms with Crippen molar-refractivity contribution in [3.63, 3.8) is 0 Å². The number of carbonyl (C=O) groups excluding carboxylic acids is 2. The first kappa shape index (κ1) is 19.3. The lowest BCUT2D eigenvalue weighted by molar-refractivity contribution is -0.120. The Labute approximate surface area is 154 Å². The number of benzene rings is 2. The minimum Gasteiger partial charge on any atom is -0.495 e. The molecular formula is C20H25N3O3. The van der Waals surface area contributed by atoms with Crippen LogP contribution in [0, 0.1) is 6.92 Å². The molecule has 2 aromatic rings. The Kier molecular flexibility index (Phi) is 6.22. The Hall–Kier alpha value is -3.02. The molecule has 0 heterocycles. The maximum atomic E-state index is 12.4. The van der Waals surface area contributed by atoms with Crippen LogP contribution in [0.2, 0.25) is 0 Å². The molecule has 6 heteroatoms. The maximum Gasteiger partial charge on any atom is 0.244 e. The van der Waals surface area contributed by atoms with Gasteiger partial charge in [-0.1, -0.05) is 6.07 Å². The molecule has 0 fully saturated rings. The van der Waals surface area contributed by atoms with E-state index >= 15 is 0 Å². The molecule has 0 aliphatic heterocycles. The lowest BCUT2D eigenvalue weighted by Crippen LogP contribution is -2.37. The van der Waals surface area contributed by atoms with E-state index < -0.39 is 0 Å². The second-order valence-electron chi connectivity index (χ2n) is 6.27. The zero-order valence-electron chi connectivity index (χ0n) is 15.9. The van der Waals surface area contributed by atoms with E-state index in [2.05, 4.69) is 5.32 Å². The Balaban J connectivity index is 2.16. The second-order valence-corrected chi connectivity index (χ2v) is 6.27. The van der Waals surface area contributed by atoms with Gasteiger partial charge < -0.3 is 15.0 Å². The van der Waals surface area contributed by atoms with Crippen LogP contribution in [-0.2, 0) is 9.59 Å². The van der Waals surface area contributed by atoms with Crippen LogP contribution in [0.3, 0.4) is 0 Å². The third-order valence-electron chi connectivity index (χ3n) is 3.97. The summed E-state index contributed by atoms with van der Waals surface area (Å²) in [7, 11) is 5.44. The number of hydrogen-bond donors (Lipinski definition) is 1. The van der Waals surface area contributed by atoms with E-state index in [-0.39, 0.29) is 18.4 Å². The number of aryl methyl sites for hydroxylation is 1. The van der Waals surface area contributed by atoms with Crippen LogP contribution < -0.4 is 19.9 Å². The average molecular weight is 355 g/mol. The first-order valence-electron chi connectivity index (χ1n) is 8.32. The molecule has 0 aliphatic carbocycles. The van der Waals surface area contributed by atoms with E-state index in [0.29, 0.717) is 17.1 Å². The van der Waals surface area contributed by atoms with E-state index in [0.717, 1.165) is 11.3 Å². The van der Waals surface area contributed by atoms with Crippen molar-refractivity contribution in [2.45, 2.75) is 13.8 Å². The number of amides is 2. The van der Waals surface area contributed by atoms with Crippen LogP contribution >= 0.6 is 0 Å². The van der Waals surface area contributed by atoms with Gasteiger partial charge in [-0.25, -0.2) is 0 Å². The highest BCUT2D eigenvalue weighted by Gasteiger charge is 2.19. The first-order chi connectivity index (χ1) is 12.3. The van der Waals surface area contributed by atoms with Gasteiger partial charge in [0.1, 0.15) is 12.3 Å². The lowest BCUT2D eigenvalue weighted by atomic mass is 10.2. The molecule has 2 rings (SSSR count). The molecule has 2 aromatic carbocycles. The fourth-order valence-electron chi connectivity index (χ4n) is 2.56. The van der Waals surface area contributed by atoms with Crippen molar-refractivity contribution in [3.8, 4) is 5.75 Å². The van der Waals surface area contributed by atoms with Crippen molar-refractivity contribution >= 4 is 28.9 Å². The number of ether oxygens (including phenoxy) is 1. The Morgan fingerprint density at radius 2 is 1.73 bits per heavy atom. The summed E-state index contributed by atoms with van der Waals surface area (Å²) in [5.74, 6) is 0.0438. The third-order valence-corrected chi connectivity index (χ3v) is 3.97. The van der Waals surface area contributed by atoms with Crippen molar-refractivity contribution in [1.82, 2.24) is 0 Å². The summed E-state index contributed by atoms with van der Waals surface area (Å²) >= 11 is 0. The minimum absolute atomic E-state index is 0.0927. The van der Waals surface area contributed by atoms with Crippen molar-refractivity contribution in [1.29, 1.82) is 0 Å². The largest absolute Gasteiger partial charge is 0.495 e. The molecule has 0 bridgehead atoms. The molecular weight excluding hydrogens is 330 g/mol. The average Bonchev–Trinajstić information content (AvgIpc) is 2.60. The topological polar surface area (TPSA) is 61.9 Å². The monoisotopic (exact) mass is 355 g/mol. The van der Waals surface area contributed by atoms with Crippen LogP contribution in [0.15, 0.2) is 42.5 Å². The molecule has 0 spiro atoms. The number of anilines is 3. The molecule has 6 nitrogen and oxygen atoms in total. The molecule has 0 radical (unpaired) electrons. The Bertz CT molecular complexity index is 785. The van der Waals surface area contributed by atoms with E-state index in [1.165, 1.54) is 11.8 Å². The fraction of sp³-hybridized carbons (Fsp3) is 0.300. The summed E-state index contributed by atoms with van der Waals surface area (Å²) in [4.78, 5) is 28.0. The van der Waals surface area contributed by atoms with Crippen LogP contribution in [0.1, 0.15) is 12.5 Å². The highest BCUT2D eigenvalue weighted by Crippen LogP contribution is 2.29. The van der Waals surface area contributed by atoms with Crippen LogP contribution in [0.25, 0.3) is 0 Å². The summed E-state index contributed by atoms with van der Waals surface area (Å²) in [6.45, 7) is 3.26. The molecule has 26 heavy (non-hydrogen) atoms. The summed E-state index contributed by atoms with van der Waals surface area (Å²) < 4.78 is 5.34. The van der Waals surface area contributed by atoms with Gasteiger partial charge in [-0.15, -0.1) is 0 Å². The van der Waals surface area contributed by atoms with Crippen molar-refractivity contribution in [2.24, 2.45) is 0 Å².